The molecule has 3 aromatic rings. The van der Waals surface area contributed by atoms with Gasteiger partial charge in [-0.2, -0.15) is 0 Å². The van der Waals surface area contributed by atoms with Crippen LogP contribution in [0.2, 0.25) is 0 Å². The molecule has 0 aliphatic carbocycles. The Labute approximate surface area is 229 Å². The van der Waals surface area contributed by atoms with Crippen molar-refractivity contribution in [2.75, 3.05) is 20.3 Å². The number of carbonyl (C=O) groups is 1. The summed E-state index contributed by atoms with van der Waals surface area (Å²) in [5.74, 6) is 0.886. The highest BCUT2D eigenvalue weighted by atomic mass is 79.9. The lowest BCUT2D eigenvalue weighted by Crippen LogP contribution is -2.39. The fraction of sp³-hybridized carbons (Fsp3) is 0.269. The molecule has 0 unspecified atom stereocenters. The number of hydrogen-bond donors (Lipinski definition) is 0. The van der Waals surface area contributed by atoms with Crippen molar-refractivity contribution in [2.45, 2.75) is 26.8 Å². The number of esters is 1. The number of methoxy groups -OCH3 is 1. The second kappa shape index (κ2) is 11.1. The second-order valence-corrected chi connectivity index (χ2v) is 10.5. The van der Waals surface area contributed by atoms with Crippen LogP contribution in [0.15, 0.2) is 66.4 Å². The topological polar surface area (TPSA) is 79.1 Å². The number of allylic oxidation sites excluding steroid dienone is 1. The smallest absolute Gasteiger partial charge is 0.338 e. The lowest BCUT2D eigenvalue weighted by Gasteiger charge is -2.24. The molecule has 0 spiro atoms. The van der Waals surface area contributed by atoms with Gasteiger partial charge in [0, 0.05) is 0 Å². The van der Waals surface area contributed by atoms with Crippen LogP contribution in [-0.4, -0.2) is 30.9 Å². The highest BCUT2D eigenvalue weighted by Gasteiger charge is 2.33. The van der Waals surface area contributed by atoms with E-state index in [9.17, 15) is 9.59 Å². The van der Waals surface area contributed by atoms with Crippen LogP contribution < -0.4 is 24.4 Å². The highest BCUT2D eigenvalue weighted by Crippen LogP contribution is 2.35. The van der Waals surface area contributed by atoms with E-state index in [4.69, 9.17) is 14.2 Å². The van der Waals surface area contributed by atoms with Gasteiger partial charge in [-0.05, 0) is 94.1 Å². The summed E-state index contributed by atoms with van der Waals surface area (Å²) in [6.07, 6.45) is 1.80. The van der Waals surface area contributed by atoms with Gasteiger partial charge in [0.2, 0.25) is 0 Å². The first-order valence-corrected chi connectivity index (χ1v) is 13.6. The third-order valence-corrected chi connectivity index (χ3v) is 7.71. The minimum Gasteiger partial charge on any atom is -0.494 e. The van der Waals surface area contributed by atoms with E-state index in [1.807, 2.05) is 43.3 Å². The van der Waals surface area contributed by atoms with E-state index in [2.05, 4.69) is 36.9 Å². The molecular formula is C26H24Br2N2O5S. The molecule has 1 atom stereocenters. The number of ether oxygens (including phenoxy) is 3. The number of rotatable bonds is 7. The van der Waals surface area contributed by atoms with Crippen LogP contribution in [0.1, 0.15) is 37.9 Å². The van der Waals surface area contributed by atoms with Gasteiger partial charge in [-0.15, -0.1) is 0 Å². The Kier molecular flexibility index (Phi) is 8.17. The summed E-state index contributed by atoms with van der Waals surface area (Å²) in [4.78, 5) is 31.9. The van der Waals surface area contributed by atoms with E-state index in [-0.39, 0.29) is 12.2 Å². The molecule has 1 aromatic heterocycles. The molecule has 0 N–H and O–H groups in total. The Morgan fingerprint density at radius 3 is 2.39 bits per heavy atom. The lowest BCUT2D eigenvalue weighted by atomic mass is 9.96. The molecule has 1 aliphatic rings. The molecule has 0 saturated heterocycles. The molecule has 0 amide bonds. The molecule has 1 aliphatic heterocycles. The minimum atomic E-state index is -0.674. The maximum atomic E-state index is 13.7. The van der Waals surface area contributed by atoms with Crippen LogP contribution in [0.4, 0.5) is 0 Å². The van der Waals surface area contributed by atoms with E-state index in [1.54, 1.807) is 31.6 Å². The molecule has 188 valence electrons. The monoisotopic (exact) mass is 634 g/mol. The predicted octanol–water partition coefficient (Wildman–Crippen LogP) is 4.73. The van der Waals surface area contributed by atoms with E-state index >= 15 is 0 Å². The lowest BCUT2D eigenvalue weighted by molar-refractivity contribution is -0.139. The number of thiazole rings is 1. The maximum Gasteiger partial charge on any atom is 0.338 e. The number of halogens is 2. The van der Waals surface area contributed by atoms with E-state index in [0.29, 0.717) is 38.7 Å². The van der Waals surface area contributed by atoms with Crippen LogP contribution in [0, 0.1) is 0 Å². The Bertz CT molecular complexity index is 1500. The van der Waals surface area contributed by atoms with Crippen molar-refractivity contribution < 1.29 is 19.0 Å². The van der Waals surface area contributed by atoms with Gasteiger partial charge in [-0.1, -0.05) is 23.5 Å². The fourth-order valence-corrected chi connectivity index (χ4v) is 6.62. The third kappa shape index (κ3) is 5.07. The Hall–Kier alpha value is -2.69. The van der Waals surface area contributed by atoms with Crippen molar-refractivity contribution in [2.24, 2.45) is 4.99 Å². The van der Waals surface area contributed by atoms with Crippen LogP contribution in [0.3, 0.4) is 0 Å². The zero-order chi connectivity index (χ0) is 26.0. The Morgan fingerprint density at radius 2 is 1.81 bits per heavy atom. The highest BCUT2D eigenvalue weighted by molar-refractivity contribution is 9.11. The largest absolute Gasteiger partial charge is 0.494 e. The average molecular weight is 636 g/mol. The molecule has 2 aromatic carbocycles. The SMILES string of the molecule is CCOC(=O)C1=C(C)N=c2s/c(=C\c3cc(Br)c(OC)c(Br)c3)c(=O)n2[C@@H]1c1ccc(OCC)cc1. The zero-order valence-corrected chi connectivity index (χ0v) is 24.1. The average Bonchev–Trinajstić information content (AvgIpc) is 3.13. The van der Waals surface area contributed by atoms with Crippen molar-refractivity contribution in [3.05, 3.63) is 87.4 Å². The van der Waals surface area contributed by atoms with Crippen LogP contribution in [0.25, 0.3) is 6.08 Å². The van der Waals surface area contributed by atoms with Gasteiger partial charge in [0.05, 0.1) is 51.1 Å². The van der Waals surface area contributed by atoms with Gasteiger partial charge in [0.25, 0.3) is 5.56 Å². The molecular weight excluding hydrogens is 612 g/mol. The maximum absolute atomic E-state index is 13.7. The molecule has 10 heteroatoms. The molecule has 0 saturated carbocycles. The van der Waals surface area contributed by atoms with Gasteiger partial charge in [0.1, 0.15) is 11.5 Å². The Morgan fingerprint density at radius 1 is 1.14 bits per heavy atom. The summed E-state index contributed by atoms with van der Waals surface area (Å²) in [5, 5.41) is 0. The summed E-state index contributed by atoms with van der Waals surface area (Å²) >= 11 is 8.29. The van der Waals surface area contributed by atoms with Gasteiger partial charge < -0.3 is 14.2 Å². The first kappa shape index (κ1) is 26.4. The quantitative estimate of drug-likeness (QED) is 0.351. The summed E-state index contributed by atoms with van der Waals surface area (Å²) in [6.45, 7) is 6.19. The van der Waals surface area contributed by atoms with E-state index < -0.39 is 12.0 Å². The summed E-state index contributed by atoms with van der Waals surface area (Å²) in [6, 6.07) is 10.5. The van der Waals surface area contributed by atoms with Gasteiger partial charge >= 0.3 is 5.97 Å². The van der Waals surface area contributed by atoms with Crippen LogP contribution in [-0.2, 0) is 9.53 Å². The molecule has 0 bridgehead atoms. The van der Waals surface area contributed by atoms with Crippen molar-refractivity contribution in [1.29, 1.82) is 0 Å². The summed E-state index contributed by atoms with van der Waals surface area (Å²) in [7, 11) is 1.59. The first-order valence-electron chi connectivity index (χ1n) is 11.2. The molecule has 36 heavy (non-hydrogen) atoms. The number of benzene rings is 2. The second-order valence-electron chi connectivity index (χ2n) is 7.82. The van der Waals surface area contributed by atoms with Crippen molar-refractivity contribution in [3.63, 3.8) is 0 Å². The number of hydrogen-bond acceptors (Lipinski definition) is 7. The molecule has 0 radical (unpaired) electrons. The molecule has 2 heterocycles. The first-order chi connectivity index (χ1) is 17.3. The Balaban J connectivity index is 1.91. The van der Waals surface area contributed by atoms with Gasteiger partial charge in [0.15, 0.2) is 4.80 Å². The normalized spacial score (nSPS) is 15.4. The van der Waals surface area contributed by atoms with Crippen LogP contribution >= 0.6 is 43.2 Å². The van der Waals surface area contributed by atoms with E-state index in [1.165, 1.54) is 11.3 Å². The molecule has 4 rings (SSSR count). The standard InChI is InChI=1S/C26H24Br2N2O5S/c1-5-34-17-9-7-16(8-10-17)22-21(25(32)35-6-2)14(3)29-26-30(22)24(31)20(36-26)13-15-11-18(27)23(33-4)19(28)12-15/h7-13,22H,5-6H2,1-4H3/b20-13-/t22-/m1/s1. The van der Waals surface area contributed by atoms with Crippen LogP contribution in [0.5, 0.6) is 11.5 Å². The van der Waals surface area contributed by atoms with Crippen molar-refractivity contribution in [1.82, 2.24) is 4.57 Å². The van der Waals surface area contributed by atoms with Crippen molar-refractivity contribution in [3.8, 4) is 11.5 Å². The summed E-state index contributed by atoms with van der Waals surface area (Å²) < 4.78 is 19.9. The third-order valence-electron chi connectivity index (χ3n) is 5.55. The predicted molar refractivity (Wildman–Crippen MR) is 146 cm³/mol. The minimum absolute atomic E-state index is 0.220. The van der Waals surface area contributed by atoms with Crippen molar-refractivity contribution >= 4 is 55.2 Å². The number of carbonyl (C=O) groups excluding carboxylic acids is 1. The number of aromatic nitrogens is 1. The molecule has 0 fully saturated rings. The zero-order valence-electron chi connectivity index (χ0n) is 20.1. The number of nitrogens with zero attached hydrogens (tertiary/aromatic N) is 2. The molecule has 7 nitrogen and oxygen atoms in total. The number of fused-ring (bicyclic) bond motifs is 1. The van der Waals surface area contributed by atoms with Gasteiger partial charge in [-0.3, -0.25) is 9.36 Å². The van der Waals surface area contributed by atoms with Gasteiger partial charge in [-0.25, -0.2) is 9.79 Å². The fourth-order valence-electron chi connectivity index (χ4n) is 4.03. The van der Waals surface area contributed by atoms with E-state index in [0.717, 1.165) is 20.1 Å². The summed E-state index contributed by atoms with van der Waals surface area (Å²) in [5.41, 5.74) is 2.19.